The van der Waals surface area contributed by atoms with E-state index in [-0.39, 0.29) is 22.6 Å². The molecule has 0 aliphatic heterocycles. The second kappa shape index (κ2) is 8.15. The summed E-state index contributed by atoms with van der Waals surface area (Å²) in [4.78, 5) is 23.1. The minimum absolute atomic E-state index is 0.0730. The summed E-state index contributed by atoms with van der Waals surface area (Å²) in [6.45, 7) is 1.60. The summed E-state index contributed by atoms with van der Waals surface area (Å²) in [5.74, 6) is -1.67. The van der Waals surface area contributed by atoms with Gasteiger partial charge in [0.2, 0.25) is 0 Å². The highest BCUT2D eigenvalue weighted by atomic mass is 35.5. The van der Waals surface area contributed by atoms with E-state index in [1.807, 2.05) is 0 Å². The van der Waals surface area contributed by atoms with Crippen molar-refractivity contribution in [2.45, 2.75) is 6.92 Å². The van der Waals surface area contributed by atoms with Crippen molar-refractivity contribution < 1.29 is 19.8 Å². The molecule has 148 valence electrons. The SMILES string of the molecule is C/C(=N\NC(=O)c1ccc(C(=O)O)cc1)c1nn(C)c(-c2ccc(Cl)cc2)c1O. The number of hydrogen-bond acceptors (Lipinski definition) is 5. The molecule has 2 aromatic carbocycles. The van der Waals surface area contributed by atoms with E-state index in [2.05, 4.69) is 15.6 Å². The molecule has 0 bridgehead atoms. The molecule has 0 atom stereocenters. The highest BCUT2D eigenvalue weighted by molar-refractivity contribution is 6.30. The number of carbonyl (C=O) groups is 2. The Balaban J connectivity index is 1.81. The van der Waals surface area contributed by atoms with Crippen LogP contribution in [0.2, 0.25) is 5.02 Å². The van der Waals surface area contributed by atoms with Gasteiger partial charge in [0.1, 0.15) is 5.69 Å². The van der Waals surface area contributed by atoms with Crippen LogP contribution >= 0.6 is 11.6 Å². The first-order valence-electron chi connectivity index (χ1n) is 8.48. The van der Waals surface area contributed by atoms with Crippen molar-refractivity contribution in [3.63, 3.8) is 0 Å². The Morgan fingerprint density at radius 2 is 1.66 bits per heavy atom. The number of hydrogen-bond donors (Lipinski definition) is 3. The number of aromatic nitrogens is 2. The summed E-state index contributed by atoms with van der Waals surface area (Å²) in [6, 6.07) is 12.4. The molecule has 3 aromatic rings. The van der Waals surface area contributed by atoms with Gasteiger partial charge in [-0.1, -0.05) is 23.7 Å². The smallest absolute Gasteiger partial charge is 0.335 e. The van der Waals surface area contributed by atoms with Crippen molar-refractivity contribution in [1.82, 2.24) is 15.2 Å². The Hall–Kier alpha value is -3.65. The fraction of sp³-hybridized carbons (Fsp3) is 0.100. The lowest BCUT2D eigenvalue weighted by molar-refractivity contribution is 0.0696. The van der Waals surface area contributed by atoms with E-state index in [4.69, 9.17) is 16.7 Å². The van der Waals surface area contributed by atoms with E-state index in [0.717, 1.165) is 5.56 Å². The second-order valence-electron chi connectivity index (χ2n) is 6.20. The maximum Gasteiger partial charge on any atom is 0.335 e. The van der Waals surface area contributed by atoms with E-state index in [1.54, 1.807) is 38.2 Å². The monoisotopic (exact) mass is 412 g/mol. The van der Waals surface area contributed by atoms with Crippen molar-refractivity contribution in [3.05, 3.63) is 70.4 Å². The van der Waals surface area contributed by atoms with Gasteiger partial charge in [0.15, 0.2) is 11.4 Å². The van der Waals surface area contributed by atoms with Crippen LogP contribution in [0.4, 0.5) is 0 Å². The zero-order valence-electron chi connectivity index (χ0n) is 15.5. The molecule has 0 aliphatic rings. The number of aryl methyl sites for hydroxylation is 1. The molecule has 9 heteroatoms. The van der Waals surface area contributed by atoms with Crippen molar-refractivity contribution >= 4 is 29.2 Å². The fourth-order valence-electron chi connectivity index (χ4n) is 2.70. The molecular formula is C20H17ClN4O4. The maximum absolute atomic E-state index is 12.2. The molecule has 3 rings (SSSR count). The predicted molar refractivity (Wildman–Crippen MR) is 108 cm³/mol. The van der Waals surface area contributed by atoms with Gasteiger partial charge in [0.05, 0.1) is 11.3 Å². The third-order valence-corrected chi connectivity index (χ3v) is 4.45. The highest BCUT2D eigenvalue weighted by Gasteiger charge is 2.19. The number of aromatic carboxylic acids is 1. The van der Waals surface area contributed by atoms with Crippen LogP contribution in [0.3, 0.4) is 0 Å². The van der Waals surface area contributed by atoms with E-state index in [1.165, 1.54) is 28.9 Å². The first-order chi connectivity index (χ1) is 13.8. The second-order valence-corrected chi connectivity index (χ2v) is 6.63. The Kier molecular flexibility index (Phi) is 5.65. The molecule has 1 aromatic heterocycles. The van der Waals surface area contributed by atoms with Gasteiger partial charge < -0.3 is 10.2 Å². The number of amides is 1. The highest BCUT2D eigenvalue weighted by Crippen LogP contribution is 2.32. The molecule has 0 aliphatic carbocycles. The van der Waals surface area contributed by atoms with Gasteiger partial charge in [0.25, 0.3) is 5.91 Å². The molecule has 8 nitrogen and oxygen atoms in total. The van der Waals surface area contributed by atoms with Crippen molar-refractivity contribution in [3.8, 4) is 17.0 Å². The van der Waals surface area contributed by atoms with Crippen LogP contribution in [0, 0.1) is 0 Å². The minimum Gasteiger partial charge on any atom is -0.504 e. The van der Waals surface area contributed by atoms with Crippen LogP contribution in [0.5, 0.6) is 5.75 Å². The Morgan fingerprint density at radius 1 is 1.07 bits per heavy atom. The lowest BCUT2D eigenvalue weighted by atomic mass is 10.1. The van der Waals surface area contributed by atoms with Gasteiger partial charge in [-0.15, -0.1) is 0 Å². The first-order valence-corrected chi connectivity index (χ1v) is 8.86. The number of hydrazone groups is 1. The minimum atomic E-state index is -1.08. The van der Waals surface area contributed by atoms with Gasteiger partial charge >= 0.3 is 5.97 Å². The van der Waals surface area contributed by atoms with Crippen molar-refractivity contribution in [1.29, 1.82) is 0 Å². The van der Waals surface area contributed by atoms with E-state index < -0.39 is 11.9 Å². The number of carboxylic acid groups (broad SMARTS) is 1. The number of rotatable bonds is 5. The molecule has 0 radical (unpaired) electrons. The van der Waals surface area contributed by atoms with Crippen LogP contribution in [0.1, 0.15) is 33.3 Å². The van der Waals surface area contributed by atoms with Gasteiger partial charge in [0, 0.05) is 23.2 Å². The summed E-state index contributed by atoms with van der Waals surface area (Å²) < 4.78 is 1.51. The van der Waals surface area contributed by atoms with Crippen LogP contribution in [-0.4, -0.2) is 37.6 Å². The number of nitrogens with one attached hydrogen (secondary N) is 1. The lowest BCUT2D eigenvalue weighted by Gasteiger charge is -2.03. The topological polar surface area (TPSA) is 117 Å². The van der Waals surface area contributed by atoms with Gasteiger partial charge in [-0.05, 0) is 43.3 Å². The van der Waals surface area contributed by atoms with Gasteiger partial charge in [-0.25, -0.2) is 10.2 Å². The summed E-state index contributed by atoms with van der Waals surface area (Å²) in [5, 5.41) is 28.4. The number of halogens is 1. The average Bonchev–Trinajstić information content (AvgIpc) is 3.01. The third-order valence-electron chi connectivity index (χ3n) is 4.20. The molecule has 1 amide bonds. The zero-order valence-corrected chi connectivity index (χ0v) is 16.3. The molecule has 3 N–H and O–H groups in total. The lowest BCUT2D eigenvalue weighted by Crippen LogP contribution is -2.19. The number of carboxylic acids is 1. The Labute approximate surface area is 171 Å². The molecule has 0 fully saturated rings. The number of carbonyl (C=O) groups excluding carboxylic acids is 1. The largest absolute Gasteiger partial charge is 0.504 e. The standard InChI is InChI=1S/C20H17ClN4O4/c1-11(22-23-19(27)13-3-5-14(6-4-13)20(28)29)16-18(26)17(25(2)24-16)12-7-9-15(21)10-8-12/h3-10,26H,1-2H3,(H,23,27)(H,28,29)/b22-11+. The quantitative estimate of drug-likeness (QED) is 0.439. The molecule has 0 spiro atoms. The Morgan fingerprint density at radius 3 is 2.24 bits per heavy atom. The fourth-order valence-corrected chi connectivity index (χ4v) is 2.83. The number of aromatic hydroxyl groups is 1. The summed E-state index contributed by atoms with van der Waals surface area (Å²) in [6.07, 6.45) is 0. The molecular weight excluding hydrogens is 396 g/mol. The van der Waals surface area contributed by atoms with E-state index in [0.29, 0.717) is 16.4 Å². The van der Waals surface area contributed by atoms with E-state index >= 15 is 0 Å². The summed E-state index contributed by atoms with van der Waals surface area (Å²) in [7, 11) is 1.68. The molecule has 0 saturated heterocycles. The molecule has 29 heavy (non-hydrogen) atoms. The Bertz CT molecular complexity index is 1100. The van der Waals surface area contributed by atoms with Crippen LogP contribution in [-0.2, 0) is 7.05 Å². The number of benzene rings is 2. The molecule has 0 saturated carbocycles. The van der Waals surface area contributed by atoms with Crippen molar-refractivity contribution in [2.24, 2.45) is 12.1 Å². The normalized spacial score (nSPS) is 11.3. The first kappa shape index (κ1) is 20.1. The summed E-state index contributed by atoms with van der Waals surface area (Å²) in [5.41, 5.74) is 4.43. The van der Waals surface area contributed by atoms with Crippen LogP contribution in [0.15, 0.2) is 53.6 Å². The van der Waals surface area contributed by atoms with Crippen molar-refractivity contribution in [2.75, 3.05) is 0 Å². The van der Waals surface area contributed by atoms with Crippen LogP contribution in [0.25, 0.3) is 11.3 Å². The summed E-state index contributed by atoms with van der Waals surface area (Å²) >= 11 is 5.91. The maximum atomic E-state index is 12.2. The van der Waals surface area contributed by atoms with Gasteiger partial charge in [-0.3, -0.25) is 9.48 Å². The zero-order chi connectivity index (χ0) is 21.1. The third kappa shape index (κ3) is 4.27. The predicted octanol–water partition coefficient (Wildman–Crippen LogP) is 3.30. The van der Waals surface area contributed by atoms with Crippen LogP contribution < -0.4 is 5.43 Å². The molecule has 1 heterocycles. The van der Waals surface area contributed by atoms with Gasteiger partial charge in [-0.2, -0.15) is 10.2 Å². The average molecular weight is 413 g/mol. The van der Waals surface area contributed by atoms with E-state index in [9.17, 15) is 14.7 Å². The molecule has 0 unspecified atom stereocenters. The number of nitrogens with zero attached hydrogens (tertiary/aromatic N) is 3.